The minimum atomic E-state index is -0.207. The van der Waals surface area contributed by atoms with E-state index in [0.29, 0.717) is 16.3 Å². The van der Waals surface area contributed by atoms with Crippen LogP contribution in [0.3, 0.4) is 0 Å². The van der Waals surface area contributed by atoms with Crippen LogP contribution in [-0.4, -0.2) is 18.1 Å². The van der Waals surface area contributed by atoms with Crippen molar-refractivity contribution in [2.45, 2.75) is 72.4 Å². The van der Waals surface area contributed by atoms with Gasteiger partial charge in [0.05, 0.1) is 10.6 Å². The number of carbonyl (C=O) groups excluding carboxylic acids is 1. The highest BCUT2D eigenvalue weighted by Crippen LogP contribution is 2.55. The highest BCUT2D eigenvalue weighted by molar-refractivity contribution is 6.31. The van der Waals surface area contributed by atoms with Gasteiger partial charge >= 0.3 is 0 Å². The Morgan fingerprint density at radius 2 is 1.79 bits per heavy atom. The lowest BCUT2D eigenvalue weighted by Gasteiger charge is -2.63. The van der Waals surface area contributed by atoms with Crippen molar-refractivity contribution in [2.24, 2.45) is 22.7 Å². The molecule has 0 atom stereocenters. The summed E-state index contributed by atoms with van der Waals surface area (Å²) in [5, 5.41) is 12.8. The second-order valence-corrected chi connectivity index (χ2v) is 10.2. The molecule has 2 aliphatic rings. The number of rotatable bonds is 4. The van der Waals surface area contributed by atoms with Crippen molar-refractivity contribution in [3.8, 4) is 11.8 Å². The smallest absolute Gasteiger partial charge is 0.223 e. The number of benzene rings is 1. The lowest BCUT2D eigenvalue weighted by Crippen LogP contribution is -2.75. The van der Waals surface area contributed by atoms with E-state index in [9.17, 15) is 4.79 Å². The Bertz CT molecular complexity index is 772. The summed E-state index contributed by atoms with van der Waals surface area (Å²) in [5.41, 5.74) is 0.0243. The first kappa shape index (κ1) is 21.0. The Labute approximate surface area is 173 Å². The molecule has 0 radical (unpaired) electrons. The summed E-state index contributed by atoms with van der Waals surface area (Å²) < 4.78 is 6.29. The van der Waals surface area contributed by atoms with Crippen molar-refractivity contribution in [3.63, 3.8) is 0 Å². The summed E-state index contributed by atoms with van der Waals surface area (Å²) >= 11 is 6.15. The van der Waals surface area contributed by atoms with Gasteiger partial charge in [0.2, 0.25) is 5.91 Å². The minimum Gasteiger partial charge on any atom is -0.489 e. The van der Waals surface area contributed by atoms with Crippen LogP contribution in [0.25, 0.3) is 0 Å². The van der Waals surface area contributed by atoms with Gasteiger partial charge in [-0.15, -0.1) is 0 Å². The zero-order valence-corrected chi connectivity index (χ0v) is 18.3. The molecule has 152 valence electrons. The topological polar surface area (TPSA) is 62.1 Å². The van der Waals surface area contributed by atoms with Gasteiger partial charge in [-0.3, -0.25) is 4.79 Å². The molecule has 1 aromatic carbocycles. The van der Waals surface area contributed by atoms with Crippen LogP contribution in [0.15, 0.2) is 18.2 Å². The first-order valence-electron chi connectivity index (χ1n) is 10.2. The Kier molecular flexibility index (Phi) is 5.69. The largest absolute Gasteiger partial charge is 0.489 e. The number of ether oxygens (including phenoxy) is 1. The Hall–Kier alpha value is -1.73. The van der Waals surface area contributed by atoms with Crippen molar-refractivity contribution < 1.29 is 9.53 Å². The lowest BCUT2D eigenvalue weighted by atomic mass is 9.49. The molecule has 0 saturated heterocycles. The monoisotopic (exact) mass is 402 g/mol. The standard InChI is InChI=1S/C23H31ClN2O2/c1-14-6-8-15(9-7-14)19(27)26-20-22(2,3)21(23(20,4)5)28-17-11-10-16(13-25)18(24)12-17/h10-12,14-15,20-21H,6-9H2,1-5H3,(H,26,27). The highest BCUT2D eigenvalue weighted by atomic mass is 35.5. The van der Waals surface area contributed by atoms with Crippen LogP contribution in [0.2, 0.25) is 5.02 Å². The number of nitriles is 1. The van der Waals surface area contributed by atoms with Crippen molar-refractivity contribution in [1.82, 2.24) is 5.32 Å². The van der Waals surface area contributed by atoms with Gasteiger partial charge in [0.1, 0.15) is 17.9 Å². The highest BCUT2D eigenvalue weighted by Gasteiger charge is 2.64. The molecular formula is C23H31ClN2O2. The number of hydrogen-bond donors (Lipinski definition) is 1. The number of nitrogens with one attached hydrogen (secondary N) is 1. The van der Waals surface area contributed by atoms with Gasteiger partial charge in [-0.2, -0.15) is 5.26 Å². The second kappa shape index (κ2) is 7.59. The molecule has 2 aliphatic carbocycles. The maximum Gasteiger partial charge on any atom is 0.223 e. The summed E-state index contributed by atoms with van der Waals surface area (Å²) in [6.45, 7) is 10.8. The molecule has 1 aromatic rings. The predicted molar refractivity (Wildman–Crippen MR) is 111 cm³/mol. The number of nitrogens with zero attached hydrogens (tertiary/aromatic N) is 1. The van der Waals surface area contributed by atoms with E-state index in [0.717, 1.165) is 31.6 Å². The quantitative estimate of drug-likeness (QED) is 0.739. The number of halogens is 1. The average Bonchev–Trinajstić information content (AvgIpc) is 2.64. The predicted octanol–water partition coefficient (Wildman–Crippen LogP) is 5.34. The third-order valence-electron chi connectivity index (χ3n) is 6.83. The van der Waals surface area contributed by atoms with Gasteiger partial charge in [0.25, 0.3) is 0 Å². The fourth-order valence-corrected chi connectivity index (χ4v) is 5.59. The van der Waals surface area contributed by atoms with Crippen LogP contribution < -0.4 is 10.1 Å². The second-order valence-electron chi connectivity index (χ2n) is 9.79. The molecule has 3 rings (SSSR count). The zero-order valence-electron chi connectivity index (χ0n) is 17.5. The van der Waals surface area contributed by atoms with Crippen LogP contribution in [0.5, 0.6) is 5.75 Å². The van der Waals surface area contributed by atoms with Gasteiger partial charge in [-0.1, -0.05) is 46.2 Å². The fourth-order valence-electron chi connectivity index (χ4n) is 5.38. The zero-order chi connectivity index (χ0) is 20.7. The van der Waals surface area contributed by atoms with Crippen LogP contribution in [0, 0.1) is 34.0 Å². The van der Waals surface area contributed by atoms with Gasteiger partial charge < -0.3 is 10.1 Å². The molecule has 0 bridgehead atoms. The summed E-state index contributed by atoms with van der Waals surface area (Å²) in [6, 6.07) is 7.27. The summed E-state index contributed by atoms with van der Waals surface area (Å²) in [7, 11) is 0. The lowest BCUT2D eigenvalue weighted by molar-refractivity contribution is -0.175. The minimum absolute atomic E-state index is 0.0469. The van der Waals surface area contributed by atoms with Crippen LogP contribution in [0.1, 0.15) is 65.9 Å². The summed E-state index contributed by atoms with van der Waals surface area (Å²) in [5.74, 6) is 1.72. The molecule has 4 nitrogen and oxygen atoms in total. The molecule has 0 aliphatic heterocycles. The molecule has 1 N–H and O–H groups in total. The van der Waals surface area contributed by atoms with E-state index >= 15 is 0 Å². The number of carbonyl (C=O) groups is 1. The number of hydrogen-bond acceptors (Lipinski definition) is 3. The molecule has 2 saturated carbocycles. The summed E-state index contributed by atoms with van der Waals surface area (Å²) in [4.78, 5) is 12.9. The van der Waals surface area contributed by atoms with Crippen LogP contribution in [0.4, 0.5) is 0 Å². The maximum absolute atomic E-state index is 12.9. The SMILES string of the molecule is CC1CCC(C(=O)NC2C(C)(C)C(Oc3ccc(C#N)c(Cl)c3)C2(C)C)CC1. The third kappa shape index (κ3) is 3.74. The molecule has 28 heavy (non-hydrogen) atoms. The Morgan fingerprint density at radius 1 is 1.18 bits per heavy atom. The molecule has 0 unspecified atom stereocenters. The Balaban J connectivity index is 1.69. The van der Waals surface area contributed by atoms with E-state index in [2.05, 4.69) is 46.0 Å². The molecule has 0 aromatic heterocycles. The molecule has 0 heterocycles. The Morgan fingerprint density at radius 3 is 2.32 bits per heavy atom. The van der Waals surface area contributed by atoms with Crippen molar-refractivity contribution >= 4 is 17.5 Å². The van der Waals surface area contributed by atoms with Gasteiger partial charge in [-0.05, 0) is 43.7 Å². The van der Waals surface area contributed by atoms with E-state index in [1.807, 2.05) is 0 Å². The van der Waals surface area contributed by atoms with E-state index in [4.69, 9.17) is 21.6 Å². The molecule has 1 amide bonds. The van der Waals surface area contributed by atoms with Crippen molar-refractivity contribution in [2.75, 3.05) is 0 Å². The van der Waals surface area contributed by atoms with E-state index in [1.54, 1.807) is 18.2 Å². The van der Waals surface area contributed by atoms with Crippen LogP contribution >= 0.6 is 11.6 Å². The van der Waals surface area contributed by atoms with Crippen LogP contribution in [-0.2, 0) is 4.79 Å². The molecule has 5 heteroatoms. The van der Waals surface area contributed by atoms with E-state index in [1.165, 1.54) is 0 Å². The first-order valence-corrected chi connectivity index (χ1v) is 10.6. The van der Waals surface area contributed by atoms with E-state index in [-0.39, 0.29) is 34.8 Å². The number of amides is 1. The van der Waals surface area contributed by atoms with E-state index < -0.39 is 0 Å². The summed E-state index contributed by atoms with van der Waals surface area (Å²) in [6.07, 6.45) is 4.19. The normalized spacial score (nSPS) is 30.6. The molecular weight excluding hydrogens is 372 g/mol. The fraction of sp³-hybridized carbons (Fsp3) is 0.652. The van der Waals surface area contributed by atoms with Gasteiger partial charge in [0, 0.05) is 28.9 Å². The molecule has 0 spiro atoms. The van der Waals surface area contributed by atoms with Crippen molar-refractivity contribution in [1.29, 1.82) is 5.26 Å². The van der Waals surface area contributed by atoms with Crippen molar-refractivity contribution in [3.05, 3.63) is 28.8 Å². The third-order valence-corrected chi connectivity index (χ3v) is 7.14. The molecule has 2 fully saturated rings. The average molecular weight is 403 g/mol. The maximum atomic E-state index is 12.9. The first-order chi connectivity index (χ1) is 13.1. The van der Waals surface area contributed by atoms with Gasteiger partial charge in [-0.25, -0.2) is 0 Å². The van der Waals surface area contributed by atoms with Gasteiger partial charge in [0.15, 0.2) is 0 Å².